The molecule has 0 saturated carbocycles. The van der Waals surface area contributed by atoms with Crippen LogP contribution in [0.25, 0.3) is 0 Å². The molecule has 0 aromatic rings. The van der Waals surface area contributed by atoms with Gasteiger partial charge in [-0.3, -0.25) is 4.79 Å². The highest BCUT2D eigenvalue weighted by Gasteiger charge is 2.41. The molecule has 4 nitrogen and oxygen atoms in total. The third-order valence-electron chi connectivity index (χ3n) is 3.12. The zero-order chi connectivity index (χ0) is 12.3. The Labute approximate surface area is 92.8 Å². The third-order valence-corrected chi connectivity index (χ3v) is 3.12. The van der Waals surface area contributed by atoms with Gasteiger partial charge in [0.25, 0.3) is 0 Å². The molecular formula is C11H24N2O2. The minimum absolute atomic E-state index is 0.0482. The van der Waals surface area contributed by atoms with E-state index in [1.54, 1.807) is 19.1 Å². The molecule has 0 spiro atoms. The minimum Gasteiger partial charge on any atom is -0.383 e. The molecule has 0 saturated heterocycles. The van der Waals surface area contributed by atoms with Gasteiger partial charge in [-0.25, -0.2) is 0 Å². The van der Waals surface area contributed by atoms with E-state index in [1.807, 2.05) is 27.7 Å². The lowest BCUT2D eigenvalue weighted by molar-refractivity contribution is -0.142. The Kier molecular flexibility index (Phi) is 4.74. The molecule has 0 aliphatic rings. The summed E-state index contributed by atoms with van der Waals surface area (Å²) in [7, 11) is 3.39. The van der Waals surface area contributed by atoms with Crippen LogP contribution in [0, 0.1) is 5.41 Å². The molecular weight excluding hydrogens is 192 g/mol. The first-order valence-corrected chi connectivity index (χ1v) is 5.18. The van der Waals surface area contributed by atoms with Crippen molar-refractivity contribution in [3.05, 3.63) is 0 Å². The largest absolute Gasteiger partial charge is 0.383 e. The van der Waals surface area contributed by atoms with Gasteiger partial charge in [0, 0.05) is 26.2 Å². The summed E-state index contributed by atoms with van der Waals surface area (Å²) in [6, 6.07) is 0. The summed E-state index contributed by atoms with van der Waals surface area (Å²) >= 11 is 0. The SMILES string of the molecule is COCCN(C)C(=O)C(C)(C)C(C)(C)N. The lowest BCUT2D eigenvalue weighted by Gasteiger charge is -2.39. The van der Waals surface area contributed by atoms with Crippen molar-refractivity contribution in [3.8, 4) is 0 Å². The zero-order valence-electron chi connectivity index (χ0n) is 10.8. The van der Waals surface area contributed by atoms with Gasteiger partial charge in [-0.05, 0) is 27.7 Å². The van der Waals surface area contributed by atoms with Crippen LogP contribution in [0.2, 0.25) is 0 Å². The van der Waals surface area contributed by atoms with Crippen molar-refractivity contribution in [2.45, 2.75) is 33.2 Å². The molecule has 15 heavy (non-hydrogen) atoms. The van der Waals surface area contributed by atoms with Gasteiger partial charge in [0.2, 0.25) is 5.91 Å². The zero-order valence-corrected chi connectivity index (χ0v) is 10.8. The predicted molar refractivity (Wildman–Crippen MR) is 61.6 cm³/mol. The van der Waals surface area contributed by atoms with E-state index < -0.39 is 11.0 Å². The Hall–Kier alpha value is -0.610. The quantitative estimate of drug-likeness (QED) is 0.741. The second-order valence-electron chi connectivity index (χ2n) is 5.07. The van der Waals surface area contributed by atoms with Gasteiger partial charge in [-0.1, -0.05) is 0 Å². The molecule has 2 N–H and O–H groups in total. The van der Waals surface area contributed by atoms with Gasteiger partial charge in [0.15, 0.2) is 0 Å². The summed E-state index contributed by atoms with van der Waals surface area (Å²) in [5, 5.41) is 0. The Morgan fingerprint density at radius 1 is 1.33 bits per heavy atom. The number of rotatable bonds is 5. The van der Waals surface area contributed by atoms with Gasteiger partial charge < -0.3 is 15.4 Å². The van der Waals surface area contributed by atoms with Crippen molar-refractivity contribution in [2.75, 3.05) is 27.3 Å². The van der Waals surface area contributed by atoms with E-state index in [1.165, 1.54) is 0 Å². The molecule has 0 bridgehead atoms. The number of methoxy groups -OCH3 is 1. The lowest BCUT2D eigenvalue weighted by Crippen LogP contribution is -2.56. The van der Waals surface area contributed by atoms with Crippen LogP contribution in [0.5, 0.6) is 0 Å². The fourth-order valence-corrected chi connectivity index (χ4v) is 1.08. The molecule has 1 amide bonds. The van der Waals surface area contributed by atoms with Crippen molar-refractivity contribution in [1.82, 2.24) is 4.90 Å². The first kappa shape index (κ1) is 14.4. The third kappa shape index (κ3) is 3.47. The maximum Gasteiger partial charge on any atom is 0.229 e. The van der Waals surface area contributed by atoms with Crippen molar-refractivity contribution in [3.63, 3.8) is 0 Å². The number of hydrogen-bond acceptors (Lipinski definition) is 3. The highest BCUT2D eigenvalue weighted by atomic mass is 16.5. The number of hydrogen-bond donors (Lipinski definition) is 1. The van der Waals surface area contributed by atoms with Gasteiger partial charge >= 0.3 is 0 Å². The number of carbonyl (C=O) groups excluding carboxylic acids is 1. The average molecular weight is 216 g/mol. The second kappa shape index (κ2) is 4.94. The molecule has 0 aliphatic carbocycles. The summed E-state index contributed by atoms with van der Waals surface area (Å²) in [4.78, 5) is 13.8. The fourth-order valence-electron chi connectivity index (χ4n) is 1.08. The Balaban J connectivity index is 4.56. The average Bonchev–Trinajstić information content (AvgIpc) is 2.10. The van der Waals surface area contributed by atoms with Gasteiger partial charge in [-0.15, -0.1) is 0 Å². The van der Waals surface area contributed by atoms with E-state index in [2.05, 4.69) is 0 Å². The molecule has 90 valence electrons. The number of amides is 1. The maximum atomic E-state index is 12.1. The summed E-state index contributed by atoms with van der Waals surface area (Å²) in [6.07, 6.45) is 0. The number of carbonyl (C=O) groups is 1. The molecule has 0 rings (SSSR count). The van der Waals surface area contributed by atoms with Crippen molar-refractivity contribution in [1.29, 1.82) is 0 Å². The van der Waals surface area contributed by atoms with E-state index in [0.29, 0.717) is 13.2 Å². The molecule has 0 radical (unpaired) electrons. The maximum absolute atomic E-state index is 12.1. The van der Waals surface area contributed by atoms with Crippen molar-refractivity contribution >= 4 is 5.91 Å². The normalized spacial score (nSPS) is 12.7. The van der Waals surface area contributed by atoms with E-state index in [0.717, 1.165) is 0 Å². The van der Waals surface area contributed by atoms with Crippen LogP contribution in [0.3, 0.4) is 0 Å². The van der Waals surface area contributed by atoms with Gasteiger partial charge in [-0.2, -0.15) is 0 Å². The van der Waals surface area contributed by atoms with Gasteiger partial charge in [0.05, 0.1) is 12.0 Å². The Morgan fingerprint density at radius 2 is 1.80 bits per heavy atom. The van der Waals surface area contributed by atoms with Crippen molar-refractivity contribution in [2.24, 2.45) is 11.1 Å². The molecule has 4 heteroatoms. The van der Waals surface area contributed by atoms with Crippen molar-refractivity contribution < 1.29 is 9.53 Å². The number of nitrogens with two attached hydrogens (primary N) is 1. The monoisotopic (exact) mass is 216 g/mol. The standard InChI is InChI=1S/C11H24N2O2/c1-10(2,11(3,4)12)9(14)13(5)7-8-15-6/h7-8,12H2,1-6H3. The minimum atomic E-state index is -0.574. The van der Waals surface area contributed by atoms with Crippen LogP contribution in [0.15, 0.2) is 0 Å². The second-order valence-corrected chi connectivity index (χ2v) is 5.07. The summed E-state index contributed by atoms with van der Waals surface area (Å²) < 4.78 is 4.94. The van der Waals surface area contributed by atoms with Crippen LogP contribution < -0.4 is 5.73 Å². The molecule has 0 atom stereocenters. The van der Waals surface area contributed by atoms with E-state index in [4.69, 9.17) is 10.5 Å². The molecule has 0 aliphatic heterocycles. The number of ether oxygens (including phenoxy) is 1. The number of nitrogens with zero attached hydrogens (tertiary/aromatic N) is 1. The molecule has 0 fully saturated rings. The molecule has 0 unspecified atom stereocenters. The smallest absolute Gasteiger partial charge is 0.229 e. The van der Waals surface area contributed by atoms with Crippen LogP contribution in [0.1, 0.15) is 27.7 Å². The summed E-state index contributed by atoms with van der Waals surface area (Å²) in [5.41, 5.74) is 4.89. The number of likely N-dealkylation sites (N-methyl/N-ethyl adjacent to an activating group) is 1. The van der Waals surface area contributed by atoms with E-state index in [9.17, 15) is 4.79 Å². The van der Waals surface area contributed by atoms with E-state index >= 15 is 0 Å². The Bertz CT molecular complexity index is 219. The fraction of sp³-hybridized carbons (Fsp3) is 0.909. The Morgan fingerprint density at radius 3 is 2.13 bits per heavy atom. The topological polar surface area (TPSA) is 55.6 Å². The van der Waals surface area contributed by atoms with Crippen LogP contribution in [-0.2, 0) is 9.53 Å². The van der Waals surface area contributed by atoms with Crippen LogP contribution in [-0.4, -0.2) is 43.7 Å². The van der Waals surface area contributed by atoms with Crippen LogP contribution in [0.4, 0.5) is 0 Å². The highest BCUT2D eigenvalue weighted by molar-refractivity contribution is 5.83. The predicted octanol–water partition coefficient (Wildman–Crippen LogP) is 0.855. The summed E-state index contributed by atoms with van der Waals surface area (Å²) in [5.74, 6) is 0.0482. The van der Waals surface area contributed by atoms with E-state index in [-0.39, 0.29) is 5.91 Å². The first-order chi connectivity index (χ1) is 6.64. The highest BCUT2D eigenvalue weighted by Crippen LogP contribution is 2.30. The van der Waals surface area contributed by atoms with Crippen LogP contribution >= 0.6 is 0 Å². The van der Waals surface area contributed by atoms with Gasteiger partial charge in [0.1, 0.15) is 0 Å². The molecule has 0 aromatic heterocycles. The lowest BCUT2D eigenvalue weighted by atomic mass is 9.74. The molecule has 0 aromatic carbocycles. The molecule has 0 heterocycles. The summed E-state index contributed by atoms with van der Waals surface area (Å²) in [6.45, 7) is 8.62. The first-order valence-electron chi connectivity index (χ1n) is 5.18.